The fourth-order valence-corrected chi connectivity index (χ4v) is 2.26. The molecule has 0 aromatic heterocycles. The monoisotopic (exact) mass is 315 g/mol. The first-order valence-electron chi connectivity index (χ1n) is 5.47. The molecular weight excluding hydrogens is 303 g/mol. The highest BCUT2D eigenvalue weighted by Gasteiger charge is 2.33. The molecule has 0 spiro atoms. The maximum Gasteiger partial charge on any atom is 0.418 e. The number of hydrogen-bond donors (Lipinski definition) is 1. The van der Waals surface area contributed by atoms with Crippen molar-refractivity contribution in [3.8, 4) is 0 Å². The Morgan fingerprint density at radius 2 is 1.95 bits per heavy atom. The third kappa shape index (κ3) is 4.91. The second-order valence-corrected chi connectivity index (χ2v) is 6.76. The van der Waals surface area contributed by atoms with Crippen molar-refractivity contribution in [3.05, 3.63) is 28.8 Å². The Kier molecular flexibility index (Phi) is 5.09. The van der Waals surface area contributed by atoms with Crippen molar-refractivity contribution in [2.45, 2.75) is 13.1 Å². The molecule has 0 aliphatic carbocycles. The molecule has 0 fully saturated rings. The van der Waals surface area contributed by atoms with Gasteiger partial charge in [-0.05, 0) is 18.2 Å². The van der Waals surface area contributed by atoms with Crippen molar-refractivity contribution in [1.82, 2.24) is 0 Å². The third-order valence-corrected chi connectivity index (χ3v) is 4.40. The first kappa shape index (κ1) is 16.1. The lowest BCUT2D eigenvalue weighted by Crippen LogP contribution is -2.19. The van der Waals surface area contributed by atoms with Crippen LogP contribution in [-0.2, 0) is 16.0 Å². The summed E-state index contributed by atoms with van der Waals surface area (Å²) in [6.45, 7) is 1.40. The number of alkyl halides is 3. The molecule has 0 saturated carbocycles. The molecule has 0 aliphatic heterocycles. The molecule has 0 atom stereocenters. The zero-order valence-corrected chi connectivity index (χ0v) is 11.7. The Hall–Kier alpha value is -0.950. The van der Waals surface area contributed by atoms with Crippen molar-refractivity contribution in [2.75, 3.05) is 23.4 Å². The first-order chi connectivity index (χ1) is 8.65. The van der Waals surface area contributed by atoms with E-state index in [0.29, 0.717) is 0 Å². The summed E-state index contributed by atoms with van der Waals surface area (Å²) in [5.41, 5.74) is -1.09. The summed E-state index contributed by atoms with van der Waals surface area (Å²) in [6, 6.07) is 3.30. The highest BCUT2D eigenvalue weighted by Crippen LogP contribution is 2.36. The Labute approximate surface area is 114 Å². The molecule has 0 bridgehead atoms. The largest absolute Gasteiger partial charge is 0.418 e. The molecule has 8 heteroatoms. The molecular formula is C11H13ClF3NO2S. The van der Waals surface area contributed by atoms with Gasteiger partial charge in [0.1, 0.15) is 0 Å². The number of hydrogen-bond acceptors (Lipinski definition) is 3. The molecule has 0 heterocycles. The van der Waals surface area contributed by atoms with Gasteiger partial charge in [0.15, 0.2) is 9.84 Å². The van der Waals surface area contributed by atoms with Gasteiger partial charge in [0.25, 0.3) is 0 Å². The molecule has 1 aromatic rings. The molecule has 0 unspecified atom stereocenters. The Bertz CT molecular complexity index is 543. The van der Waals surface area contributed by atoms with E-state index in [1.807, 2.05) is 0 Å². The SMILES string of the molecule is CCS(=O)(=O)CCNc1ccc(Cl)cc1C(F)(F)F. The molecule has 1 aromatic carbocycles. The van der Waals surface area contributed by atoms with Crippen LogP contribution in [0.2, 0.25) is 5.02 Å². The molecule has 108 valence electrons. The first-order valence-corrected chi connectivity index (χ1v) is 7.66. The number of nitrogens with one attached hydrogen (secondary N) is 1. The van der Waals surface area contributed by atoms with Crippen molar-refractivity contribution in [1.29, 1.82) is 0 Å². The maximum atomic E-state index is 12.7. The number of halogens is 4. The predicted molar refractivity (Wildman–Crippen MR) is 69.3 cm³/mol. The highest BCUT2D eigenvalue weighted by atomic mass is 35.5. The van der Waals surface area contributed by atoms with E-state index in [2.05, 4.69) is 5.32 Å². The molecule has 1 N–H and O–H groups in total. The van der Waals surface area contributed by atoms with Gasteiger partial charge in [-0.15, -0.1) is 0 Å². The van der Waals surface area contributed by atoms with Gasteiger partial charge < -0.3 is 5.32 Å². The summed E-state index contributed by atoms with van der Waals surface area (Å²) in [6.07, 6.45) is -4.54. The quantitative estimate of drug-likeness (QED) is 0.907. The van der Waals surface area contributed by atoms with Crippen LogP contribution in [0.15, 0.2) is 18.2 Å². The Balaban J connectivity index is 2.85. The zero-order valence-electron chi connectivity index (χ0n) is 10.1. The molecule has 1 rings (SSSR count). The topological polar surface area (TPSA) is 46.2 Å². The van der Waals surface area contributed by atoms with Crippen molar-refractivity contribution in [3.63, 3.8) is 0 Å². The maximum absolute atomic E-state index is 12.7. The van der Waals surface area contributed by atoms with E-state index in [0.717, 1.165) is 6.07 Å². The van der Waals surface area contributed by atoms with Crippen LogP contribution in [0.5, 0.6) is 0 Å². The number of rotatable bonds is 5. The summed E-state index contributed by atoms with van der Waals surface area (Å²) in [5.74, 6) is -0.259. The summed E-state index contributed by atoms with van der Waals surface area (Å²) < 4.78 is 60.7. The molecule has 3 nitrogen and oxygen atoms in total. The lowest BCUT2D eigenvalue weighted by molar-refractivity contribution is -0.136. The van der Waals surface area contributed by atoms with Crippen LogP contribution < -0.4 is 5.32 Å². The van der Waals surface area contributed by atoms with E-state index in [9.17, 15) is 21.6 Å². The van der Waals surface area contributed by atoms with Crippen LogP contribution in [0.4, 0.5) is 18.9 Å². The Morgan fingerprint density at radius 1 is 1.32 bits per heavy atom. The van der Waals surface area contributed by atoms with Gasteiger partial charge in [0.2, 0.25) is 0 Å². The van der Waals surface area contributed by atoms with Crippen LogP contribution in [0, 0.1) is 0 Å². The van der Waals surface area contributed by atoms with E-state index in [1.54, 1.807) is 0 Å². The summed E-state index contributed by atoms with van der Waals surface area (Å²) in [5, 5.41) is 2.45. The second kappa shape index (κ2) is 6.00. The Morgan fingerprint density at radius 3 is 2.47 bits per heavy atom. The van der Waals surface area contributed by atoms with E-state index >= 15 is 0 Å². The van der Waals surface area contributed by atoms with Gasteiger partial charge in [-0.2, -0.15) is 13.2 Å². The summed E-state index contributed by atoms with van der Waals surface area (Å²) in [7, 11) is -3.22. The summed E-state index contributed by atoms with van der Waals surface area (Å²) >= 11 is 5.53. The fraction of sp³-hybridized carbons (Fsp3) is 0.455. The highest BCUT2D eigenvalue weighted by molar-refractivity contribution is 7.91. The zero-order chi connectivity index (χ0) is 14.7. The van der Waals surface area contributed by atoms with Crippen LogP contribution >= 0.6 is 11.6 Å². The van der Waals surface area contributed by atoms with Crippen molar-refractivity contribution < 1.29 is 21.6 Å². The van der Waals surface area contributed by atoms with Gasteiger partial charge in [0, 0.05) is 23.0 Å². The van der Waals surface area contributed by atoms with E-state index in [1.165, 1.54) is 19.1 Å². The normalized spacial score (nSPS) is 12.5. The molecule has 0 saturated heterocycles. The van der Waals surface area contributed by atoms with Crippen LogP contribution in [0.25, 0.3) is 0 Å². The average Bonchev–Trinajstić information content (AvgIpc) is 2.29. The van der Waals surface area contributed by atoms with Crippen LogP contribution in [0.1, 0.15) is 12.5 Å². The van der Waals surface area contributed by atoms with Gasteiger partial charge >= 0.3 is 6.18 Å². The van der Waals surface area contributed by atoms with Crippen molar-refractivity contribution >= 4 is 27.1 Å². The minimum atomic E-state index is -4.54. The average molecular weight is 316 g/mol. The minimum Gasteiger partial charge on any atom is -0.384 e. The fourth-order valence-electron chi connectivity index (χ4n) is 1.39. The molecule has 0 radical (unpaired) electrons. The standard InChI is InChI=1S/C11H13ClF3NO2S/c1-2-19(17,18)6-5-16-10-4-3-8(12)7-9(10)11(13,14)15/h3-4,7,16H,2,5-6H2,1H3. The second-order valence-electron chi connectivity index (χ2n) is 3.85. The predicted octanol–water partition coefficient (Wildman–Crippen LogP) is 3.21. The molecule has 19 heavy (non-hydrogen) atoms. The van der Waals surface area contributed by atoms with Gasteiger partial charge in [0.05, 0.1) is 11.3 Å². The van der Waals surface area contributed by atoms with Crippen molar-refractivity contribution in [2.24, 2.45) is 0 Å². The van der Waals surface area contributed by atoms with E-state index in [4.69, 9.17) is 11.6 Å². The smallest absolute Gasteiger partial charge is 0.384 e. The molecule has 0 amide bonds. The van der Waals surface area contributed by atoms with Crippen LogP contribution in [0.3, 0.4) is 0 Å². The lowest BCUT2D eigenvalue weighted by atomic mass is 10.1. The molecule has 0 aliphatic rings. The number of benzene rings is 1. The van der Waals surface area contributed by atoms with Crippen LogP contribution in [-0.4, -0.2) is 26.5 Å². The number of anilines is 1. The lowest BCUT2D eigenvalue weighted by Gasteiger charge is -2.14. The van der Waals surface area contributed by atoms with E-state index < -0.39 is 21.6 Å². The third-order valence-electron chi connectivity index (χ3n) is 2.46. The summed E-state index contributed by atoms with van der Waals surface area (Å²) in [4.78, 5) is 0. The van der Waals surface area contributed by atoms with Gasteiger partial charge in [-0.25, -0.2) is 8.42 Å². The number of sulfone groups is 1. The minimum absolute atomic E-state index is 0.0287. The van der Waals surface area contributed by atoms with E-state index in [-0.39, 0.29) is 28.8 Å². The van der Waals surface area contributed by atoms with Gasteiger partial charge in [-0.1, -0.05) is 18.5 Å². The van der Waals surface area contributed by atoms with Gasteiger partial charge in [-0.3, -0.25) is 0 Å².